The molecule has 1 aromatic carbocycles. The molecule has 4 nitrogen and oxygen atoms in total. The van der Waals surface area contributed by atoms with Gasteiger partial charge in [-0.1, -0.05) is 17.7 Å². The van der Waals surface area contributed by atoms with Crippen molar-refractivity contribution in [1.29, 1.82) is 0 Å². The minimum Gasteiger partial charge on any atom is -0.377 e. The van der Waals surface area contributed by atoms with Crippen molar-refractivity contribution >= 4 is 23.2 Å². The zero-order chi connectivity index (χ0) is 13.6. The van der Waals surface area contributed by atoms with Crippen molar-refractivity contribution in [3.05, 3.63) is 29.3 Å². The average Bonchev–Trinajstić information content (AvgIpc) is 2.28. The van der Waals surface area contributed by atoms with Crippen molar-refractivity contribution in [2.75, 3.05) is 25.5 Å². The van der Waals surface area contributed by atoms with E-state index >= 15 is 0 Å². The average molecular weight is 271 g/mol. The molecule has 1 amide bonds. The van der Waals surface area contributed by atoms with Crippen molar-refractivity contribution < 1.29 is 9.53 Å². The van der Waals surface area contributed by atoms with Gasteiger partial charge in [-0.3, -0.25) is 4.79 Å². The minimum atomic E-state index is -0.281. The number of nitrogens with one attached hydrogen (secondary N) is 2. The van der Waals surface area contributed by atoms with E-state index in [9.17, 15) is 4.79 Å². The van der Waals surface area contributed by atoms with E-state index < -0.39 is 0 Å². The lowest BCUT2D eigenvalue weighted by Gasteiger charge is -2.23. The Morgan fingerprint density at radius 1 is 1.44 bits per heavy atom. The van der Waals surface area contributed by atoms with Crippen molar-refractivity contribution in [2.45, 2.75) is 19.4 Å². The van der Waals surface area contributed by atoms with E-state index in [1.807, 2.05) is 13.8 Å². The molecule has 0 aliphatic carbocycles. The number of hydrogen-bond donors (Lipinski definition) is 2. The quantitative estimate of drug-likeness (QED) is 0.834. The van der Waals surface area contributed by atoms with Gasteiger partial charge in [-0.2, -0.15) is 0 Å². The van der Waals surface area contributed by atoms with Crippen LogP contribution < -0.4 is 10.6 Å². The van der Waals surface area contributed by atoms with Crippen LogP contribution in [0, 0.1) is 0 Å². The standard InChI is InChI=1S/C13H19ClN2O2/c1-13(2,18-3)9-15-8-12(17)16-11-6-4-5-10(14)7-11/h4-7,15H,8-9H2,1-3H3,(H,16,17). The van der Waals surface area contributed by atoms with Crippen LogP contribution in [0.4, 0.5) is 5.69 Å². The Hall–Kier alpha value is -1.10. The maximum absolute atomic E-state index is 11.6. The van der Waals surface area contributed by atoms with Gasteiger partial charge >= 0.3 is 0 Å². The number of halogens is 1. The molecule has 0 unspecified atom stereocenters. The summed E-state index contributed by atoms with van der Waals surface area (Å²) in [5, 5.41) is 6.40. The Morgan fingerprint density at radius 3 is 2.78 bits per heavy atom. The molecule has 2 N–H and O–H groups in total. The summed E-state index contributed by atoms with van der Waals surface area (Å²) >= 11 is 5.83. The van der Waals surface area contributed by atoms with Gasteiger partial charge in [0.15, 0.2) is 0 Å². The Morgan fingerprint density at radius 2 is 2.17 bits per heavy atom. The summed E-state index contributed by atoms with van der Waals surface area (Å²) < 4.78 is 5.24. The van der Waals surface area contributed by atoms with E-state index in [4.69, 9.17) is 16.3 Å². The molecule has 1 aromatic rings. The van der Waals surface area contributed by atoms with E-state index in [2.05, 4.69) is 10.6 Å². The van der Waals surface area contributed by atoms with Gasteiger partial charge in [0.1, 0.15) is 0 Å². The van der Waals surface area contributed by atoms with Crippen molar-refractivity contribution in [2.24, 2.45) is 0 Å². The zero-order valence-electron chi connectivity index (χ0n) is 10.9. The third-order valence-corrected chi connectivity index (χ3v) is 2.73. The number of carbonyl (C=O) groups excluding carboxylic acids is 1. The zero-order valence-corrected chi connectivity index (χ0v) is 11.7. The summed E-state index contributed by atoms with van der Waals surface area (Å²) in [5.41, 5.74) is 0.413. The summed E-state index contributed by atoms with van der Waals surface area (Å²) in [6, 6.07) is 7.05. The number of anilines is 1. The highest BCUT2D eigenvalue weighted by Crippen LogP contribution is 2.14. The number of hydrogen-bond acceptors (Lipinski definition) is 3. The molecule has 1 rings (SSSR count). The fraction of sp³-hybridized carbons (Fsp3) is 0.462. The first-order valence-corrected chi connectivity index (χ1v) is 6.12. The number of rotatable bonds is 6. The molecule has 100 valence electrons. The number of methoxy groups -OCH3 is 1. The molecule has 0 fully saturated rings. The molecule has 0 radical (unpaired) electrons. The van der Waals surface area contributed by atoms with E-state index in [0.29, 0.717) is 17.3 Å². The first-order valence-electron chi connectivity index (χ1n) is 5.74. The third-order valence-electron chi connectivity index (χ3n) is 2.50. The monoisotopic (exact) mass is 270 g/mol. The summed E-state index contributed by atoms with van der Waals surface area (Å²) in [7, 11) is 1.65. The number of ether oxygens (including phenoxy) is 1. The van der Waals surface area contributed by atoms with E-state index in [1.54, 1.807) is 31.4 Å². The van der Waals surface area contributed by atoms with Gasteiger partial charge in [0.05, 0.1) is 12.1 Å². The maximum atomic E-state index is 11.6. The second-order valence-electron chi connectivity index (χ2n) is 4.63. The van der Waals surface area contributed by atoms with Crippen molar-refractivity contribution in [3.8, 4) is 0 Å². The first-order chi connectivity index (χ1) is 8.43. The summed E-state index contributed by atoms with van der Waals surface area (Å²) in [6.45, 7) is 4.75. The van der Waals surface area contributed by atoms with Crippen LogP contribution in [0.1, 0.15) is 13.8 Å². The van der Waals surface area contributed by atoms with Gasteiger partial charge in [0.25, 0.3) is 0 Å². The number of carbonyl (C=O) groups is 1. The Bertz CT molecular complexity index is 408. The third kappa shape index (κ3) is 5.49. The highest BCUT2D eigenvalue weighted by molar-refractivity contribution is 6.30. The van der Waals surface area contributed by atoms with Crippen LogP contribution in [0.15, 0.2) is 24.3 Å². The summed E-state index contributed by atoms with van der Waals surface area (Å²) in [4.78, 5) is 11.6. The van der Waals surface area contributed by atoms with Gasteiger partial charge in [0.2, 0.25) is 5.91 Å². The predicted molar refractivity (Wildman–Crippen MR) is 74.0 cm³/mol. The van der Waals surface area contributed by atoms with Crippen molar-refractivity contribution in [1.82, 2.24) is 5.32 Å². The lowest BCUT2D eigenvalue weighted by atomic mass is 10.1. The molecule has 0 atom stereocenters. The van der Waals surface area contributed by atoms with Crippen LogP contribution in [0.3, 0.4) is 0 Å². The highest BCUT2D eigenvalue weighted by Gasteiger charge is 2.15. The molecule has 0 aromatic heterocycles. The second-order valence-corrected chi connectivity index (χ2v) is 5.06. The summed E-state index contributed by atoms with van der Waals surface area (Å²) in [6.07, 6.45) is 0. The Labute approximate surface area is 113 Å². The second kappa shape index (κ2) is 6.73. The molecule has 0 saturated carbocycles. The van der Waals surface area contributed by atoms with Gasteiger partial charge < -0.3 is 15.4 Å². The molecule has 5 heteroatoms. The highest BCUT2D eigenvalue weighted by atomic mass is 35.5. The van der Waals surface area contributed by atoms with Crippen LogP contribution in [0.25, 0.3) is 0 Å². The van der Waals surface area contributed by atoms with Crippen molar-refractivity contribution in [3.63, 3.8) is 0 Å². The molecule has 0 aliphatic rings. The van der Waals surface area contributed by atoms with Crippen LogP contribution >= 0.6 is 11.6 Å². The molecule has 18 heavy (non-hydrogen) atoms. The van der Waals surface area contributed by atoms with E-state index in [-0.39, 0.29) is 18.1 Å². The lowest BCUT2D eigenvalue weighted by molar-refractivity contribution is -0.115. The molecular formula is C13H19ClN2O2. The van der Waals surface area contributed by atoms with Crippen LogP contribution in [0.2, 0.25) is 5.02 Å². The largest absolute Gasteiger partial charge is 0.377 e. The van der Waals surface area contributed by atoms with E-state index in [0.717, 1.165) is 0 Å². The lowest BCUT2D eigenvalue weighted by Crippen LogP contribution is -2.40. The SMILES string of the molecule is COC(C)(C)CNCC(=O)Nc1cccc(Cl)c1. The maximum Gasteiger partial charge on any atom is 0.238 e. The van der Waals surface area contributed by atoms with Gasteiger partial charge in [-0.25, -0.2) is 0 Å². The van der Waals surface area contributed by atoms with Gasteiger partial charge in [-0.05, 0) is 32.0 Å². The fourth-order valence-corrected chi connectivity index (χ4v) is 1.51. The molecule has 0 heterocycles. The van der Waals surface area contributed by atoms with Crippen LogP contribution in [-0.4, -0.2) is 31.7 Å². The smallest absolute Gasteiger partial charge is 0.238 e. The summed E-state index contributed by atoms with van der Waals surface area (Å²) in [5.74, 6) is -0.107. The van der Waals surface area contributed by atoms with Crippen LogP contribution in [0.5, 0.6) is 0 Å². The van der Waals surface area contributed by atoms with Gasteiger partial charge in [0, 0.05) is 24.4 Å². The molecule has 0 bridgehead atoms. The van der Waals surface area contributed by atoms with E-state index in [1.165, 1.54) is 0 Å². The van der Waals surface area contributed by atoms with Crippen LogP contribution in [-0.2, 0) is 9.53 Å². The number of benzene rings is 1. The molecule has 0 aliphatic heterocycles. The van der Waals surface area contributed by atoms with Gasteiger partial charge in [-0.15, -0.1) is 0 Å². The molecule has 0 saturated heterocycles. The number of amides is 1. The fourth-order valence-electron chi connectivity index (χ4n) is 1.32. The Balaban J connectivity index is 2.34. The molecule has 0 spiro atoms. The normalized spacial score (nSPS) is 11.3. The molecular weight excluding hydrogens is 252 g/mol. The minimum absolute atomic E-state index is 0.107. The first kappa shape index (κ1) is 15.0. The topological polar surface area (TPSA) is 50.4 Å². The predicted octanol–water partition coefficient (Wildman–Crippen LogP) is 2.29. The Kier molecular flexibility index (Phi) is 5.59.